The van der Waals surface area contributed by atoms with E-state index in [9.17, 15) is 5.48 Å². The predicted molar refractivity (Wildman–Crippen MR) is 211 cm³/mol. The second-order valence-electron chi connectivity index (χ2n) is 12.1. The van der Waals surface area contributed by atoms with E-state index in [0.29, 0.717) is 22.3 Å². The molecule has 5 nitrogen and oxygen atoms in total. The SMILES string of the molecule is [2H]c1c([2H])c([2H])c2c(sc3c2c([2H])c([2H])c2c3c3c([2H])c([2H])c([2H])c([2H])c3n2-c2nc(-c3ccc(-c4ccccc4)cc3)nc(-c3ccc4c(c3)oc3ccccc34)n2)c1[2H]. The molecule has 0 N–H and O–H groups in total. The Balaban J connectivity index is 1.26. The molecule has 0 aliphatic rings. The maximum absolute atomic E-state index is 9.56. The van der Waals surface area contributed by atoms with Crippen LogP contribution in [0.5, 0.6) is 0 Å². The quantitative estimate of drug-likeness (QED) is 0.186. The fourth-order valence-corrected chi connectivity index (χ4v) is 7.92. The van der Waals surface area contributed by atoms with Crippen LogP contribution in [0.4, 0.5) is 0 Å². The highest BCUT2D eigenvalue weighted by Crippen LogP contribution is 2.43. The number of thiophene rings is 1. The summed E-state index contributed by atoms with van der Waals surface area (Å²) in [4.78, 5) is 14.9. The van der Waals surface area contributed by atoms with Crippen LogP contribution in [0, 0.1) is 0 Å². The number of rotatable bonds is 4. The highest BCUT2D eigenvalue weighted by molar-refractivity contribution is 7.26. The van der Waals surface area contributed by atoms with Gasteiger partial charge in [-0.25, -0.2) is 4.98 Å². The minimum atomic E-state index is -0.535. The fraction of sp³-hybridized carbons (Fsp3) is 0. The van der Waals surface area contributed by atoms with Crippen molar-refractivity contribution >= 4 is 75.3 Å². The number of furan rings is 1. The number of hydrogen-bond acceptors (Lipinski definition) is 5. The summed E-state index contributed by atoms with van der Waals surface area (Å²) in [5.41, 5.74) is 4.41. The van der Waals surface area contributed by atoms with Gasteiger partial charge in [0.25, 0.3) is 0 Å². The Hall–Kier alpha value is -6.63. The standard InChI is InChI=1S/C45H26N4OS/c1-2-10-27(11-3-1)28-18-20-29(21-19-28)43-46-44(30-22-23-32-31-12-5-8-16-38(31)50-39(32)26-30)48-45(47-43)49-36-15-7-4-14-35(36)41-37(49)25-24-34-33-13-6-9-17-40(33)51-42(34)41/h1-26H/i4D,6D,7D,9D,13D,14D,15D,17D,24D,25D. The first-order chi connectivity index (χ1) is 29.4. The molecule has 11 aromatic rings. The van der Waals surface area contributed by atoms with Gasteiger partial charge in [0, 0.05) is 52.8 Å². The zero-order valence-corrected chi connectivity index (χ0v) is 27.2. The first-order valence-corrected chi connectivity index (χ1v) is 16.9. The Labute approximate surface area is 309 Å². The third-order valence-corrected chi connectivity index (χ3v) is 10.3. The third-order valence-electron chi connectivity index (χ3n) is 9.18. The van der Waals surface area contributed by atoms with E-state index in [2.05, 4.69) is 0 Å². The highest BCUT2D eigenvalue weighted by Gasteiger charge is 2.21. The van der Waals surface area contributed by atoms with E-state index >= 15 is 0 Å². The van der Waals surface area contributed by atoms with Crippen LogP contribution in [0.2, 0.25) is 0 Å². The van der Waals surface area contributed by atoms with Crippen LogP contribution in [-0.4, -0.2) is 19.5 Å². The van der Waals surface area contributed by atoms with Crippen molar-refractivity contribution in [2.24, 2.45) is 0 Å². The molecule has 0 fully saturated rings. The molecule has 238 valence electrons. The van der Waals surface area contributed by atoms with Crippen LogP contribution in [0.1, 0.15) is 13.7 Å². The van der Waals surface area contributed by atoms with Crippen molar-refractivity contribution in [3.63, 3.8) is 0 Å². The van der Waals surface area contributed by atoms with Gasteiger partial charge in [-0.15, -0.1) is 11.3 Å². The summed E-state index contributed by atoms with van der Waals surface area (Å²) in [7, 11) is 0. The summed E-state index contributed by atoms with van der Waals surface area (Å²) in [6, 6.07) is 26.6. The van der Waals surface area contributed by atoms with Crippen LogP contribution >= 0.6 is 11.3 Å². The van der Waals surface area contributed by atoms with Gasteiger partial charge in [0.05, 0.1) is 24.7 Å². The van der Waals surface area contributed by atoms with E-state index in [1.165, 1.54) is 4.57 Å². The van der Waals surface area contributed by atoms with Crippen molar-refractivity contribution in [1.82, 2.24) is 19.5 Å². The lowest BCUT2D eigenvalue weighted by atomic mass is 10.0. The molecule has 7 aromatic carbocycles. The lowest BCUT2D eigenvalue weighted by molar-refractivity contribution is 0.669. The molecule has 0 amide bonds. The topological polar surface area (TPSA) is 56.7 Å². The molecule has 0 aliphatic heterocycles. The van der Waals surface area contributed by atoms with E-state index in [0.717, 1.165) is 33.2 Å². The first kappa shape index (κ1) is 20.1. The van der Waals surface area contributed by atoms with Crippen LogP contribution in [0.25, 0.3) is 104 Å². The Kier molecular flexibility index (Phi) is 4.32. The molecule has 0 bridgehead atoms. The smallest absolute Gasteiger partial charge is 0.238 e. The van der Waals surface area contributed by atoms with Gasteiger partial charge in [0.15, 0.2) is 11.6 Å². The summed E-state index contributed by atoms with van der Waals surface area (Å²) in [6.45, 7) is 0. The third kappa shape index (κ3) is 4.37. The van der Waals surface area contributed by atoms with E-state index in [1.54, 1.807) is 0 Å². The van der Waals surface area contributed by atoms with Gasteiger partial charge in [-0.3, -0.25) is 4.57 Å². The van der Waals surface area contributed by atoms with Crippen LogP contribution in [0.15, 0.2) is 162 Å². The Bertz CT molecular complexity index is 3720. The summed E-state index contributed by atoms with van der Waals surface area (Å²) in [5, 5.41) is 2.19. The van der Waals surface area contributed by atoms with Crippen LogP contribution in [0.3, 0.4) is 0 Å². The predicted octanol–water partition coefficient (Wildman–Crippen LogP) is 12.2. The normalized spacial score (nSPS) is 14.7. The number of hydrogen-bond donors (Lipinski definition) is 0. The van der Waals surface area contributed by atoms with E-state index < -0.39 is 36.3 Å². The van der Waals surface area contributed by atoms with Gasteiger partial charge < -0.3 is 4.42 Å². The minimum absolute atomic E-state index is 0.0107. The molecule has 0 atom stereocenters. The Morgan fingerprint density at radius 3 is 2.08 bits per heavy atom. The first-order valence-electron chi connectivity index (χ1n) is 21.1. The van der Waals surface area contributed by atoms with Crippen molar-refractivity contribution in [3.8, 4) is 39.9 Å². The number of benzene rings is 7. The van der Waals surface area contributed by atoms with Gasteiger partial charge in [0.1, 0.15) is 11.2 Å². The van der Waals surface area contributed by atoms with Crippen molar-refractivity contribution in [3.05, 3.63) is 157 Å². The van der Waals surface area contributed by atoms with E-state index in [-0.39, 0.29) is 83.7 Å². The van der Waals surface area contributed by atoms with Crippen LogP contribution in [-0.2, 0) is 0 Å². The zero-order chi connectivity index (χ0) is 42.2. The second-order valence-corrected chi connectivity index (χ2v) is 13.1. The average Bonchev–Trinajstić information content (AvgIpc) is 3.99. The zero-order valence-electron chi connectivity index (χ0n) is 36.3. The average molecular weight is 681 g/mol. The largest absolute Gasteiger partial charge is 0.456 e. The minimum Gasteiger partial charge on any atom is -0.456 e. The number of aromatic nitrogens is 4. The molecule has 51 heavy (non-hydrogen) atoms. The molecule has 0 saturated heterocycles. The fourth-order valence-electron chi connectivity index (χ4n) is 6.80. The Morgan fingerprint density at radius 1 is 0.510 bits per heavy atom. The van der Waals surface area contributed by atoms with Crippen molar-refractivity contribution < 1.29 is 18.1 Å². The number of fused-ring (bicyclic) bond motifs is 10. The summed E-state index contributed by atoms with van der Waals surface area (Å²) in [6.07, 6.45) is 0. The lowest BCUT2D eigenvalue weighted by Crippen LogP contribution is -2.06. The van der Waals surface area contributed by atoms with Crippen molar-refractivity contribution in [2.75, 3.05) is 0 Å². The van der Waals surface area contributed by atoms with E-state index in [4.69, 9.17) is 27.6 Å². The summed E-state index contributed by atoms with van der Waals surface area (Å²) >= 11 is 0.984. The molecule has 0 radical (unpaired) electrons. The summed E-state index contributed by atoms with van der Waals surface area (Å²) < 4.78 is 97.3. The molecular formula is C45H26N4OS. The van der Waals surface area contributed by atoms with E-state index in [1.807, 2.05) is 97.1 Å². The molecule has 0 unspecified atom stereocenters. The maximum atomic E-state index is 9.56. The molecular weight excluding hydrogens is 645 g/mol. The van der Waals surface area contributed by atoms with Crippen LogP contribution < -0.4 is 0 Å². The second kappa shape index (κ2) is 10.9. The molecule has 4 aromatic heterocycles. The molecule has 0 saturated carbocycles. The Morgan fingerprint density at radius 2 is 1.20 bits per heavy atom. The number of nitrogens with zero attached hydrogens (tertiary/aromatic N) is 4. The van der Waals surface area contributed by atoms with Gasteiger partial charge in [0.2, 0.25) is 5.95 Å². The molecule has 11 rings (SSSR count). The molecule has 4 heterocycles. The monoisotopic (exact) mass is 680 g/mol. The van der Waals surface area contributed by atoms with Gasteiger partial charge in [-0.2, -0.15) is 9.97 Å². The highest BCUT2D eigenvalue weighted by atomic mass is 32.1. The van der Waals surface area contributed by atoms with Gasteiger partial charge in [-0.05, 0) is 47.5 Å². The van der Waals surface area contributed by atoms with Crippen molar-refractivity contribution in [1.29, 1.82) is 0 Å². The maximum Gasteiger partial charge on any atom is 0.238 e. The van der Waals surface area contributed by atoms with Gasteiger partial charge >= 0.3 is 0 Å². The van der Waals surface area contributed by atoms with Crippen molar-refractivity contribution in [2.45, 2.75) is 0 Å². The number of para-hydroxylation sites is 2. The summed E-state index contributed by atoms with van der Waals surface area (Å²) in [5.74, 6) is 0.346. The van der Waals surface area contributed by atoms with Gasteiger partial charge in [-0.1, -0.05) is 121 Å². The molecule has 0 aliphatic carbocycles. The molecule has 0 spiro atoms. The molecule has 6 heteroatoms. The lowest BCUT2D eigenvalue weighted by Gasteiger charge is -2.11.